The molecule has 0 radical (unpaired) electrons. The molecular weight excluding hydrogens is 448 g/mol. The average Bonchev–Trinajstić information content (AvgIpc) is 3.46. The van der Waals surface area contributed by atoms with Gasteiger partial charge in [-0.25, -0.2) is 15.0 Å². The number of hydrogen-bond donors (Lipinski definition) is 2. The highest BCUT2D eigenvalue weighted by molar-refractivity contribution is 7.13. The summed E-state index contributed by atoms with van der Waals surface area (Å²) in [6.45, 7) is 3.06. The molecule has 0 saturated carbocycles. The minimum absolute atomic E-state index is 0.271. The normalized spacial score (nSPS) is 17.9. The Hall–Kier alpha value is -3.69. The minimum Gasteiger partial charge on any atom is -0.375 e. The Kier molecular flexibility index (Phi) is 5.80. The lowest BCUT2D eigenvalue weighted by molar-refractivity contribution is -0.143. The van der Waals surface area contributed by atoms with Crippen molar-refractivity contribution in [3.63, 3.8) is 0 Å². The molecule has 5 rings (SSSR count). The minimum atomic E-state index is -1.48. The topological polar surface area (TPSA) is 104 Å². The van der Waals surface area contributed by atoms with Crippen LogP contribution in [0.4, 0.5) is 5.95 Å². The molecule has 1 fully saturated rings. The zero-order valence-electron chi connectivity index (χ0n) is 18.9. The summed E-state index contributed by atoms with van der Waals surface area (Å²) in [5.41, 5.74) is 3.43. The molecule has 1 amide bonds. The maximum atomic E-state index is 12.5. The van der Waals surface area contributed by atoms with E-state index < -0.39 is 5.60 Å². The van der Waals surface area contributed by atoms with Crippen LogP contribution in [0.25, 0.3) is 22.0 Å². The van der Waals surface area contributed by atoms with Crippen molar-refractivity contribution >= 4 is 23.2 Å². The number of carbonyl (C=O) groups is 1. The first kappa shape index (κ1) is 22.1. The van der Waals surface area contributed by atoms with E-state index in [1.807, 2.05) is 54.9 Å². The number of likely N-dealkylation sites (tertiary alicyclic amines) is 1. The Morgan fingerprint density at radius 1 is 1.15 bits per heavy atom. The summed E-state index contributed by atoms with van der Waals surface area (Å²) in [7, 11) is 1.71. The highest BCUT2D eigenvalue weighted by atomic mass is 32.1. The van der Waals surface area contributed by atoms with Crippen LogP contribution in [0, 0.1) is 6.92 Å². The third kappa shape index (κ3) is 4.27. The molecule has 1 unspecified atom stereocenters. The molecule has 1 aliphatic rings. The van der Waals surface area contributed by atoms with E-state index in [-0.39, 0.29) is 5.91 Å². The van der Waals surface area contributed by atoms with Crippen LogP contribution in [0.15, 0.2) is 60.2 Å². The summed E-state index contributed by atoms with van der Waals surface area (Å²) in [6.07, 6.45) is 3.92. The van der Waals surface area contributed by atoms with Crippen LogP contribution < -0.4 is 5.32 Å². The number of anilines is 1. The van der Waals surface area contributed by atoms with Gasteiger partial charge in [0.25, 0.3) is 5.91 Å². The number of carbonyl (C=O) groups excluding carboxylic acids is 1. The van der Waals surface area contributed by atoms with Crippen molar-refractivity contribution in [3.05, 3.63) is 77.1 Å². The van der Waals surface area contributed by atoms with Crippen LogP contribution in [0.1, 0.15) is 23.2 Å². The summed E-state index contributed by atoms with van der Waals surface area (Å²) in [6, 6.07) is 13.2. The number of nitrogens with one attached hydrogen (secondary N) is 1. The number of benzene rings is 1. The zero-order chi connectivity index (χ0) is 23.7. The lowest BCUT2D eigenvalue weighted by Gasteiger charge is -2.21. The van der Waals surface area contributed by atoms with Crippen LogP contribution in [0.3, 0.4) is 0 Å². The Balaban J connectivity index is 1.35. The van der Waals surface area contributed by atoms with Gasteiger partial charge in [-0.3, -0.25) is 9.78 Å². The van der Waals surface area contributed by atoms with Crippen molar-refractivity contribution in [2.45, 2.75) is 25.5 Å². The van der Waals surface area contributed by atoms with E-state index >= 15 is 0 Å². The number of pyridine rings is 1. The van der Waals surface area contributed by atoms with E-state index in [0.717, 1.165) is 27.5 Å². The largest absolute Gasteiger partial charge is 0.375 e. The van der Waals surface area contributed by atoms with Crippen LogP contribution in [-0.2, 0) is 16.9 Å². The van der Waals surface area contributed by atoms with Gasteiger partial charge in [0.05, 0.1) is 5.69 Å². The first-order valence-corrected chi connectivity index (χ1v) is 11.8. The Bertz CT molecular complexity index is 1340. The fourth-order valence-electron chi connectivity index (χ4n) is 3.93. The summed E-state index contributed by atoms with van der Waals surface area (Å²) in [4.78, 5) is 32.0. The van der Waals surface area contributed by atoms with Gasteiger partial charge in [0.15, 0.2) is 5.60 Å². The first-order valence-electron chi connectivity index (χ1n) is 11.0. The predicted octanol–water partition coefficient (Wildman–Crippen LogP) is 3.63. The second-order valence-corrected chi connectivity index (χ2v) is 9.24. The lowest BCUT2D eigenvalue weighted by Crippen LogP contribution is -2.36. The molecule has 172 valence electrons. The monoisotopic (exact) mass is 472 g/mol. The van der Waals surface area contributed by atoms with Gasteiger partial charge in [-0.2, -0.15) is 0 Å². The number of thiazole rings is 1. The van der Waals surface area contributed by atoms with Gasteiger partial charge in [-0.15, -0.1) is 11.3 Å². The summed E-state index contributed by atoms with van der Waals surface area (Å²) in [5.74, 6) is 0.243. The molecule has 3 aromatic heterocycles. The highest BCUT2D eigenvalue weighted by Gasteiger charge is 2.45. The molecule has 9 heteroatoms. The molecule has 2 N–H and O–H groups in total. The maximum Gasteiger partial charge on any atom is 0.258 e. The summed E-state index contributed by atoms with van der Waals surface area (Å²) < 4.78 is 0. The van der Waals surface area contributed by atoms with Crippen LogP contribution in [-0.4, -0.2) is 49.4 Å². The quantitative estimate of drug-likeness (QED) is 0.442. The van der Waals surface area contributed by atoms with Crippen LogP contribution in [0.5, 0.6) is 0 Å². The van der Waals surface area contributed by atoms with Crippen LogP contribution >= 0.6 is 11.3 Å². The predicted molar refractivity (Wildman–Crippen MR) is 131 cm³/mol. The smallest absolute Gasteiger partial charge is 0.258 e. The SMILES string of the molecule is Cc1ccc(CNc2nccc(-c3csc(-c4cccc(C5(O)CCN(C)C5=O)c4)n3)n2)cn1. The van der Waals surface area contributed by atoms with Gasteiger partial charge < -0.3 is 15.3 Å². The Morgan fingerprint density at radius 2 is 2.03 bits per heavy atom. The number of aliphatic hydroxyl groups is 1. The summed E-state index contributed by atoms with van der Waals surface area (Å²) >= 11 is 1.49. The standard InChI is InChI=1S/C25H24N6O2S/c1-16-6-7-17(13-27-16)14-28-24-26-10-8-20(30-24)21-15-34-22(29-21)18-4-3-5-19(12-18)25(33)9-11-31(2)23(25)32/h3-8,10,12-13,15,33H,9,11,14H2,1-2H3,(H,26,28,30). The molecule has 1 aliphatic heterocycles. The zero-order valence-corrected chi connectivity index (χ0v) is 19.7. The molecule has 34 heavy (non-hydrogen) atoms. The van der Waals surface area contributed by atoms with Crippen LogP contribution in [0.2, 0.25) is 0 Å². The summed E-state index contributed by atoms with van der Waals surface area (Å²) in [5, 5.41) is 17.0. The molecule has 0 bridgehead atoms. The Labute approximate surface area is 201 Å². The fraction of sp³-hybridized carbons (Fsp3) is 0.240. The molecule has 0 aliphatic carbocycles. The Morgan fingerprint density at radius 3 is 2.79 bits per heavy atom. The number of amides is 1. The van der Waals surface area contributed by atoms with Crippen molar-refractivity contribution in [1.82, 2.24) is 24.8 Å². The number of hydrogen-bond acceptors (Lipinski definition) is 8. The lowest BCUT2D eigenvalue weighted by atomic mass is 9.91. The van der Waals surface area contributed by atoms with Crippen molar-refractivity contribution in [2.75, 3.05) is 18.9 Å². The van der Waals surface area contributed by atoms with E-state index in [4.69, 9.17) is 4.98 Å². The number of likely N-dealkylation sites (N-methyl/N-ethyl adjacent to an activating group) is 1. The maximum absolute atomic E-state index is 12.5. The van der Waals surface area contributed by atoms with Crippen molar-refractivity contribution < 1.29 is 9.90 Å². The molecule has 1 aromatic carbocycles. The van der Waals surface area contributed by atoms with Gasteiger partial charge >= 0.3 is 0 Å². The van der Waals surface area contributed by atoms with Gasteiger partial charge in [-0.1, -0.05) is 24.3 Å². The fourth-order valence-corrected chi connectivity index (χ4v) is 4.74. The molecule has 1 atom stereocenters. The van der Waals surface area contributed by atoms with Crippen molar-refractivity contribution in [3.8, 4) is 22.0 Å². The molecule has 4 heterocycles. The van der Waals surface area contributed by atoms with E-state index in [1.165, 1.54) is 11.3 Å². The third-order valence-electron chi connectivity index (χ3n) is 5.94. The van der Waals surface area contributed by atoms with Crippen molar-refractivity contribution in [1.29, 1.82) is 0 Å². The molecule has 8 nitrogen and oxygen atoms in total. The number of rotatable bonds is 6. The first-order chi connectivity index (χ1) is 16.4. The highest BCUT2D eigenvalue weighted by Crippen LogP contribution is 2.36. The van der Waals surface area contributed by atoms with Gasteiger partial charge in [-0.05, 0) is 36.2 Å². The van der Waals surface area contributed by atoms with E-state index in [1.54, 1.807) is 24.2 Å². The second kappa shape index (κ2) is 8.92. The molecule has 4 aromatic rings. The van der Waals surface area contributed by atoms with E-state index in [2.05, 4.69) is 20.3 Å². The van der Waals surface area contributed by atoms with Crippen molar-refractivity contribution in [2.24, 2.45) is 0 Å². The third-order valence-corrected chi connectivity index (χ3v) is 6.83. The second-order valence-electron chi connectivity index (χ2n) is 8.38. The van der Waals surface area contributed by atoms with Gasteiger partial charge in [0, 0.05) is 55.6 Å². The van der Waals surface area contributed by atoms with Gasteiger partial charge in [0.2, 0.25) is 5.95 Å². The average molecular weight is 473 g/mol. The molecule has 1 saturated heterocycles. The van der Waals surface area contributed by atoms with E-state index in [0.29, 0.717) is 36.7 Å². The molecular formula is C25H24N6O2S. The number of aryl methyl sites for hydroxylation is 1. The number of nitrogens with zero attached hydrogens (tertiary/aromatic N) is 5. The number of aromatic nitrogens is 4. The molecule has 0 spiro atoms. The van der Waals surface area contributed by atoms with Gasteiger partial charge in [0.1, 0.15) is 10.7 Å². The van der Waals surface area contributed by atoms with E-state index in [9.17, 15) is 9.90 Å².